The zero-order valence-electron chi connectivity index (χ0n) is 14.0. The first-order valence-corrected chi connectivity index (χ1v) is 8.64. The highest BCUT2D eigenvalue weighted by molar-refractivity contribution is 6.40. The minimum atomic E-state index is -0.426. The lowest BCUT2D eigenvalue weighted by atomic mass is 10.1. The van der Waals surface area contributed by atoms with E-state index in [4.69, 9.17) is 38.1 Å². The van der Waals surface area contributed by atoms with Crippen LogP contribution < -0.4 is 15.8 Å². The summed E-state index contributed by atoms with van der Waals surface area (Å²) in [6.45, 7) is 0. The molecule has 0 atom stereocenters. The molecule has 2 heterocycles. The molecule has 1 amide bonds. The Labute approximate surface area is 163 Å². The van der Waals surface area contributed by atoms with E-state index in [-0.39, 0.29) is 15.7 Å². The van der Waals surface area contributed by atoms with Gasteiger partial charge in [0.2, 0.25) is 0 Å². The summed E-state index contributed by atoms with van der Waals surface area (Å²) < 4.78 is 11.4. The minimum Gasteiger partial charge on any atom is -0.496 e. The van der Waals surface area contributed by atoms with Crippen LogP contribution in [0.15, 0.2) is 47.1 Å². The number of hydrogen-bond donors (Lipinski definition) is 2. The number of nitrogens with two attached hydrogens (primary N) is 1. The van der Waals surface area contributed by atoms with Crippen molar-refractivity contribution in [3.8, 4) is 5.75 Å². The van der Waals surface area contributed by atoms with Gasteiger partial charge >= 0.3 is 0 Å². The van der Waals surface area contributed by atoms with Crippen molar-refractivity contribution in [2.75, 3.05) is 18.2 Å². The molecule has 4 rings (SSSR count). The molecular formula is C19H13Cl2N3O3. The minimum absolute atomic E-state index is 0.234. The number of hydrogen-bond acceptors (Lipinski definition) is 5. The Hall–Kier alpha value is -2.96. The molecule has 0 aliphatic carbocycles. The van der Waals surface area contributed by atoms with Crippen LogP contribution in [0, 0.1) is 0 Å². The Kier molecular flexibility index (Phi) is 4.30. The van der Waals surface area contributed by atoms with E-state index in [0.717, 1.165) is 5.39 Å². The highest BCUT2D eigenvalue weighted by Crippen LogP contribution is 2.39. The number of halogens is 2. The molecule has 0 aliphatic heterocycles. The predicted molar refractivity (Wildman–Crippen MR) is 107 cm³/mol. The lowest BCUT2D eigenvalue weighted by molar-refractivity contribution is 0.102. The molecule has 6 nitrogen and oxygen atoms in total. The number of carbonyl (C=O) groups is 1. The van der Waals surface area contributed by atoms with Crippen molar-refractivity contribution in [3.63, 3.8) is 0 Å². The van der Waals surface area contributed by atoms with Crippen molar-refractivity contribution in [2.45, 2.75) is 0 Å². The third-order valence-corrected chi connectivity index (χ3v) is 4.74. The third-order valence-electron chi connectivity index (χ3n) is 4.16. The summed E-state index contributed by atoms with van der Waals surface area (Å²) in [6.07, 6.45) is 2.80. The molecule has 0 radical (unpaired) electrons. The number of methoxy groups -OCH3 is 1. The van der Waals surface area contributed by atoms with E-state index in [0.29, 0.717) is 33.6 Å². The van der Waals surface area contributed by atoms with E-state index in [1.54, 1.807) is 31.4 Å². The molecule has 0 aliphatic rings. The van der Waals surface area contributed by atoms with E-state index in [2.05, 4.69) is 10.3 Å². The van der Waals surface area contributed by atoms with Crippen LogP contribution in [-0.4, -0.2) is 18.0 Å². The molecule has 0 saturated heterocycles. The number of ether oxygens (including phenoxy) is 1. The quantitative estimate of drug-likeness (QED) is 0.464. The molecule has 3 N–H and O–H groups in total. The molecule has 4 aromatic rings. The van der Waals surface area contributed by atoms with Crippen LogP contribution in [0.2, 0.25) is 10.0 Å². The second-order valence-electron chi connectivity index (χ2n) is 5.81. The van der Waals surface area contributed by atoms with E-state index >= 15 is 0 Å². The molecule has 0 bridgehead atoms. The summed E-state index contributed by atoms with van der Waals surface area (Å²) in [5, 5.41) is 4.66. The Balaban J connectivity index is 1.89. The van der Waals surface area contributed by atoms with Gasteiger partial charge in [-0.15, -0.1) is 0 Å². The molecule has 0 saturated carbocycles. The van der Waals surface area contributed by atoms with Crippen LogP contribution in [0.25, 0.3) is 21.9 Å². The summed E-state index contributed by atoms with van der Waals surface area (Å²) in [6, 6.07) is 8.62. The highest BCUT2D eigenvalue weighted by Gasteiger charge is 2.21. The Morgan fingerprint density at radius 1 is 1.19 bits per heavy atom. The number of nitrogens with one attached hydrogen (secondary N) is 1. The van der Waals surface area contributed by atoms with Crippen LogP contribution in [-0.2, 0) is 0 Å². The van der Waals surface area contributed by atoms with Gasteiger partial charge in [-0.2, -0.15) is 0 Å². The van der Waals surface area contributed by atoms with Gasteiger partial charge < -0.3 is 20.2 Å². The zero-order chi connectivity index (χ0) is 19.1. The molecular weight excluding hydrogens is 389 g/mol. The SMILES string of the molecule is COc1ccc(C(=O)Nc2c(Cl)cncc2Cl)c2oc3cc(N)ccc3c12. The van der Waals surface area contributed by atoms with Gasteiger partial charge in [0.15, 0.2) is 5.58 Å². The standard InChI is InChI=1S/C19H13Cl2N3O3/c1-26-14-5-4-11(19(25)24-17-12(20)7-23-8-13(17)21)18-16(14)10-3-2-9(22)6-15(10)27-18/h2-8H,22H2,1H3,(H,23,24,25). The van der Waals surface area contributed by atoms with E-state index in [9.17, 15) is 4.79 Å². The molecule has 2 aromatic carbocycles. The van der Waals surface area contributed by atoms with Gasteiger partial charge in [-0.05, 0) is 24.3 Å². The molecule has 2 aromatic heterocycles. The van der Waals surface area contributed by atoms with Crippen molar-refractivity contribution >= 4 is 62.4 Å². The van der Waals surface area contributed by atoms with Gasteiger partial charge in [0.1, 0.15) is 11.3 Å². The number of rotatable bonds is 3. The van der Waals surface area contributed by atoms with Crippen molar-refractivity contribution in [3.05, 3.63) is 58.3 Å². The normalized spacial score (nSPS) is 11.1. The average Bonchev–Trinajstić information content (AvgIpc) is 3.02. The van der Waals surface area contributed by atoms with Crippen LogP contribution in [0.1, 0.15) is 10.4 Å². The Bertz CT molecular complexity index is 1180. The number of amides is 1. The number of furan rings is 1. The number of carbonyl (C=O) groups excluding carboxylic acids is 1. The maximum absolute atomic E-state index is 12.9. The van der Waals surface area contributed by atoms with Crippen LogP contribution in [0.3, 0.4) is 0 Å². The summed E-state index contributed by atoms with van der Waals surface area (Å²) in [7, 11) is 1.56. The number of anilines is 2. The fourth-order valence-electron chi connectivity index (χ4n) is 2.93. The lowest BCUT2D eigenvalue weighted by Crippen LogP contribution is -2.13. The average molecular weight is 402 g/mol. The largest absolute Gasteiger partial charge is 0.496 e. The zero-order valence-corrected chi connectivity index (χ0v) is 15.6. The summed E-state index contributed by atoms with van der Waals surface area (Å²) in [4.78, 5) is 16.8. The maximum atomic E-state index is 12.9. The Morgan fingerprint density at radius 3 is 2.63 bits per heavy atom. The van der Waals surface area contributed by atoms with E-state index in [1.807, 2.05) is 6.07 Å². The smallest absolute Gasteiger partial charge is 0.259 e. The van der Waals surface area contributed by atoms with Crippen molar-refractivity contribution < 1.29 is 13.9 Å². The Morgan fingerprint density at radius 2 is 1.93 bits per heavy atom. The van der Waals surface area contributed by atoms with Gasteiger partial charge in [0.25, 0.3) is 5.91 Å². The molecule has 0 unspecified atom stereocenters. The fourth-order valence-corrected chi connectivity index (χ4v) is 3.39. The summed E-state index contributed by atoms with van der Waals surface area (Å²) in [5.41, 5.74) is 7.93. The number of aromatic nitrogens is 1. The van der Waals surface area contributed by atoms with E-state index < -0.39 is 5.91 Å². The second kappa shape index (κ2) is 6.64. The van der Waals surface area contributed by atoms with Gasteiger partial charge in [-0.25, -0.2) is 0 Å². The number of nitrogen functional groups attached to an aromatic ring is 1. The first-order chi connectivity index (χ1) is 13.0. The summed E-state index contributed by atoms with van der Waals surface area (Å²) in [5.74, 6) is 0.162. The molecule has 136 valence electrons. The van der Waals surface area contributed by atoms with Gasteiger partial charge in [-0.1, -0.05) is 23.2 Å². The van der Waals surface area contributed by atoms with Crippen LogP contribution in [0.5, 0.6) is 5.75 Å². The number of pyridine rings is 1. The second-order valence-corrected chi connectivity index (χ2v) is 6.62. The predicted octanol–water partition coefficient (Wildman–Crippen LogP) is 5.13. The summed E-state index contributed by atoms with van der Waals surface area (Å²) >= 11 is 12.2. The van der Waals surface area contributed by atoms with Gasteiger partial charge in [-0.3, -0.25) is 9.78 Å². The van der Waals surface area contributed by atoms with Crippen molar-refractivity contribution in [1.82, 2.24) is 4.98 Å². The molecule has 8 heteroatoms. The monoisotopic (exact) mass is 401 g/mol. The molecule has 0 spiro atoms. The molecule has 0 fully saturated rings. The van der Waals surface area contributed by atoms with Gasteiger partial charge in [0, 0.05) is 29.5 Å². The number of benzene rings is 2. The van der Waals surface area contributed by atoms with E-state index in [1.165, 1.54) is 12.4 Å². The first kappa shape index (κ1) is 17.5. The van der Waals surface area contributed by atoms with Gasteiger partial charge in [0.05, 0.1) is 33.8 Å². The number of fused-ring (bicyclic) bond motifs is 3. The maximum Gasteiger partial charge on any atom is 0.259 e. The third kappa shape index (κ3) is 2.93. The van der Waals surface area contributed by atoms with Crippen molar-refractivity contribution in [2.24, 2.45) is 0 Å². The van der Waals surface area contributed by atoms with Crippen LogP contribution in [0.4, 0.5) is 11.4 Å². The first-order valence-electron chi connectivity index (χ1n) is 7.88. The molecule has 27 heavy (non-hydrogen) atoms. The van der Waals surface area contributed by atoms with Crippen molar-refractivity contribution in [1.29, 1.82) is 0 Å². The lowest BCUT2D eigenvalue weighted by Gasteiger charge is -2.10. The topological polar surface area (TPSA) is 90.4 Å². The fraction of sp³-hybridized carbons (Fsp3) is 0.0526. The number of nitrogens with zero attached hydrogens (tertiary/aromatic N) is 1. The highest BCUT2D eigenvalue weighted by atomic mass is 35.5. The van der Waals surface area contributed by atoms with Crippen LogP contribution >= 0.6 is 23.2 Å².